The number of carboxylic acids is 1. The number of rotatable bonds is 3. The Morgan fingerprint density at radius 1 is 1.06 bits per heavy atom. The Morgan fingerprint density at radius 2 is 1.67 bits per heavy atom. The van der Waals surface area contributed by atoms with E-state index in [2.05, 4.69) is 0 Å². The molecular formula is C14H12O3S. The second kappa shape index (κ2) is 5.14. The first-order valence-electron chi connectivity index (χ1n) is 5.37. The lowest BCUT2D eigenvalue weighted by Gasteiger charge is -2.05. The second-order valence-electron chi connectivity index (χ2n) is 3.90. The summed E-state index contributed by atoms with van der Waals surface area (Å²) in [7, 11) is 0. The van der Waals surface area contributed by atoms with Crippen molar-refractivity contribution in [1.29, 1.82) is 0 Å². The minimum atomic E-state index is -1.13. The van der Waals surface area contributed by atoms with Crippen molar-refractivity contribution < 1.29 is 15.0 Å². The zero-order chi connectivity index (χ0) is 13.1. The molecule has 3 nitrogen and oxygen atoms in total. The van der Waals surface area contributed by atoms with E-state index in [0.717, 1.165) is 9.79 Å². The monoisotopic (exact) mass is 260 g/mol. The van der Waals surface area contributed by atoms with Gasteiger partial charge in [0.1, 0.15) is 11.3 Å². The quantitative estimate of drug-likeness (QED) is 0.886. The predicted octanol–water partition coefficient (Wildman–Crippen LogP) is 3.55. The molecular weight excluding hydrogens is 248 g/mol. The molecule has 0 saturated heterocycles. The van der Waals surface area contributed by atoms with Crippen molar-refractivity contribution >= 4 is 17.7 Å². The molecule has 0 aliphatic carbocycles. The number of carboxylic acid groups (broad SMARTS) is 1. The van der Waals surface area contributed by atoms with Crippen LogP contribution < -0.4 is 0 Å². The van der Waals surface area contributed by atoms with Crippen molar-refractivity contribution in [3.8, 4) is 5.75 Å². The van der Waals surface area contributed by atoms with Crippen LogP contribution in [0.3, 0.4) is 0 Å². The predicted molar refractivity (Wildman–Crippen MR) is 70.4 cm³/mol. The van der Waals surface area contributed by atoms with E-state index in [1.807, 2.05) is 31.2 Å². The Hall–Kier alpha value is -1.94. The number of hydrogen-bond donors (Lipinski definition) is 2. The van der Waals surface area contributed by atoms with Crippen molar-refractivity contribution in [3.05, 3.63) is 53.6 Å². The van der Waals surface area contributed by atoms with Crippen LogP contribution in [0, 0.1) is 6.92 Å². The van der Waals surface area contributed by atoms with E-state index >= 15 is 0 Å². The molecule has 18 heavy (non-hydrogen) atoms. The normalized spacial score (nSPS) is 10.3. The lowest BCUT2D eigenvalue weighted by atomic mass is 10.2. The highest BCUT2D eigenvalue weighted by Crippen LogP contribution is 2.31. The molecule has 0 radical (unpaired) electrons. The molecule has 0 bridgehead atoms. The van der Waals surface area contributed by atoms with E-state index in [4.69, 9.17) is 5.11 Å². The van der Waals surface area contributed by atoms with E-state index in [0.29, 0.717) is 0 Å². The summed E-state index contributed by atoms with van der Waals surface area (Å²) >= 11 is 1.46. The van der Waals surface area contributed by atoms with Gasteiger partial charge in [0.25, 0.3) is 0 Å². The number of benzene rings is 2. The summed E-state index contributed by atoms with van der Waals surface area (Å²) in [5.74, 6) is -1.34. The molecule has 0 fully saturated rings. The van der Waals surface area contributed by atoms with Gasteiger partial charge in [-0.25, -0.2) is 4.79 Å². The van der Waals surface area contributed by atoms with E-state index < -0.39 is 5.97 Å². The Kier molecular flexibility index (Phi) is 3.58. The fourth-order valence-electron chi connectivity index (χ4n) is 1.49. The van der Waals surface area contributed by atoms with Crippen molar-refractivity contribution in [2.45, 2.75) is 16.7 Å². The van der Waals surface area contributed by atoms with E-state index in [-0.39, 0.29) is 11.3 Å². The highest BCUT2D eigenvalue weighted by Gasteiger charge is 2.10. The molecule has 0 heterocycles. The van der Waals surface area contributed by atoms with Gasteiger partial charge in [0.2, 0.25) is 0 Å². The van der Waals surface area contributed by atoms with Crippen molar-refractivity contribution in [3.63, 3.8) is 0 Å². The molecule has 2 aromatic carbocycles. The lowest BCUT2D eigenvalue weighted by molar-refractivity contribution is 0.0693. The molecule has 2 N–H and O–H groups in total. The maximum Gasteiger partial charge on any atom is 0.339 e. The summed E-state index contributed by atoms with van der Waals surface area (Å²) in [5.41, 5.74) is 1.10. The van der Waals surface area contributed by atoms with Crippen molar-refractivity contribution in [2.75, 3.05) is 0 Å². The first-order valence-corrected chi connectivity index (χ1v) is 6.19. The molecule has 0 aliphatic heterocycles. The fourth-order valence-corrected chi connectivity index (χ4v) is 2.35. The molecule has 0 saturated carbocycles. The average molecular weight is 260 g/mol. The zero-order valence-electron chi connectivity index (χ0n) is 9.75. The first kappa shape index (κ1) is 12.5. The molecule has 2 aromatic rings. The van der Waals surface area contributed by atoms with Crippen LogP contribution in [-0.4, -0.2) is 16.2 Å². The van der Waals surface area contributed by atoms with Gasteiger partial charge in [0, 0.05) is 9.79 Å². The van der Waals surface area contributed by atoms with Crippen molar-refractivity contribution in [1.82, 2.24) is 0 Å². The van der Waals surface area contributed by atoms with Gasteiger partial charge in [-0.15, -0.1) is 0 Å². The molecule has 0 amide bonds. The Balaban J connectivity index is 2.27. The average Bonchev–Trinajstić information content (AvgIpc) is 2.34. The van der Waals surface area contributed by atoms with Crippen molar-refractivity contribution in [2.24, 2.45) is 0 Å². The molecule has 0 aromatic heterocycles. The number of carbonyl (C=O) groups is 1. The molecule has 92 valence electrons. The molecule has 0 atom stereocenters. The van der Waals surface area contributed by atoms with Gasteiger partial charge in [-0.2, -0.15) is 0 Å². The van der Waals surface area contributed by atoms with E-state index in [9.17, 15) is 9.90 Å². The summed E-state index contributed by atoms with van der Waals surface area (Å²) in [6, 6.07) is 12.5. The summed E-state index contributed by atoms with van der Waals surface area (Å²) in [5, 5.41) is 18.3. The Bertz CT molecular complexity index is 576. The summed E-state index contributed by atoms with van der Waals surface area (Å²) in [6.45, 7) is 2.01. The highest BCUT2D eigenvalue weighted by molar-refractivity contribution is 7.99. The zero-order valence-corrected chi connectivity index (χ0v) is 10.6. The minimum Gasteiger partial charge on any atom is -0.507 e. The molecule has 0 spiro atoms. The van der Waals surface area contributed by atoms with Gasteiger partial charge < -0.3 is 10.2 Å². The maximum atomic E-state index is 10.9. The van der Waals surface area contributed by atoms with Gasteiger partial charge >= 0.3 is 5.97 Å². The SMILES string of the molecule is Cc1ccc(Sc2ccc(O)c(C(=O)O)c2)cc1. The summed E-state index contributed by atoms with van der Waals surface area (Å²) in [4.78, 5) is 12.7. The third kappa shape index (κ3) is 2.84. The summed E-state index contributed by atoms with van der Waals surface area (Å²) in [6.07, 6.45) is 0. The number of aromatic hydroxyl groups is 1. The van der Waals surface area contributed by atoms with Gasteiger partial charge in [0.15, 0.2) is 0 Å². The Morgan fingerprint density at radius 3 is 2.28 bits per heavy atom. The van der Waals surface area contributed by atoms with Crippen LogP contribution in [0.1, 0.15) is 15.9 Å². The molecule has 0 aliphatic rings. The van der Waals surface area contributed by atoms with Gasteiger partial charge in [-0.05, 0) is 37.3 Å². The van der Waals surface area contributed by atoms with Gasteiger partial charge in [-0.3, -0.25) is 0 Å². The fraction of sp³-hybridized carbons (Fsp3) is 0.0714. The smallest absolute Gasteiger partial charge is 0.339 e. The van der Waals surface area contributed by atoms with Crippen LogP contribution >= 0.6 is 11.8 Å². The third-order valence-corrected chi connectivity index (χ3v) is 3.45. The van der Waals surface area contributed by atoms with Crippen LogP contribution in [0.25, 0.3) is 0 Å². The van der Waals surface area contributed by atoms with E-state index in [1.165, 1.54) is 29.5 Å². The standard InChI is InChI=1S/C14H12O3S/c1-9-2-4-10(5-3-9)18-11-6-7-13(15)12(8-11)14(16)17/h2-8,15H,1H3,(H,16,17). The van der Waals surface area contributed by atoms with E-state index in [1.54, 1.807) is 6.07 Å². The molecule has 2 rings (SSSR count). The lowest BCUT2D eigenvalue weighted by Crippen LogP contribution is -1.96. The number of aromatic carboxylic acids is 1. The molecule has 0 unspecified atom stereocenters. The second-order valence-corrected chi connectivity index (χ2v) is 5.05. The topological polar surface area (TPSA) is 57.5 Å². The number of phenols is 1. The largest absolute Gasteiger partial charge is 0.507 e. The third-order valence-electron chi connectivity index (χ3n) is 2.46. The first-order chi connectivity index (χ1) is 8.56. The number of hydrogen-bond acceptors (Lipinski definition) is 3. The maximum absolute atomic E-state index is 10.9. The van der Waals surface area contributed by atoms with Gasteiger partial charge in [0.05, 0.1) is 0 Å². The van der Waals surface area contributed by atoms with Crippen LogP contribution in [0.2, 0.25) is 0 Å². The number of aryl methyl sites for hydroxylation is 1. The van der Waals surface area contributed by atoms with Crippen LogP contribution in [0.5, 0.6) is 5.75 Å². The van der Waals surface area contributed by atoms with Crippen LogP contribution in [0.4, 0.5) is 0 Å². The summed E-state index contributed by atoms with van der Waals surface area (Å²) < 4.78 is 0. The minimum absolute atomic E-state index is 0.0767. The van der Waals surface area contributed by atoms with Crippen LogP contribution in [-0.2, 0) is 0 Å². The highest BCUT2D eigenvalue weighted by atomic mass is 32.2. The Labute approximate surface area is 109 Å². The van der Waals surface area contributed by atoms with Gasteiger partial charge in [-0.1, -0.05) is 29.5 Å². The molecule has 4 heteroatoms. The van der Waals surface area contributed by atoms with Crippen LogP contribution in [0.15, 0.2) is 52.3 Å².